The van der Waals surface area contributed by atoms with Crippen molar-refractivity contribution in [3.8, 4) is 11.5 Å². The molecule has 0 saturated carbocycles. The van der Waals surface area contributed by atoms with Crippen LogP contribution in [-0.2, 0) is 9.59 Å². The van der Waals surface area contributed by atoms with E-state index < -0.39 is 6.04 Å². The Morgan fingerprint density at radius 3 is 2.39 bits per heavy atom. The van der Waals surface area contributed by atoms with Crippen LogP contribution in [0.25, 0.3) is 0 Å². The summed E-state index contributed by atoms with van der Waals surface area (Å²) in [6.07, 6.45) is 0. The fourth-order valence-electron chi connectivity index (χ4n) is 2.74. The minimum atomic E-state index is -0.466. The standard InChI is InChI=1S/C20H22FN3O4/c1-13(24(2)12-19(25)22-15-5-3-14(21)4-6-15)20(26)23-16-7-8-17-18(11-16)28-10-9-27-17/h3-8,11,13H,9-10,12H2,1-2H3,(H,22,25)(H,23,26)/p+1/t13-/m1/s1. The van der Waals surface area contributed by atoms with Crippen molar-refractivity contribution in [2.75, 3.05) is 37.4 Å². The van der Waals surface area contributed by atoms with Crippen LogP contribution in [0.15, 0.2) is 42.5 Å². The van der Waals surface area contributed by atoms with Crippen molar-refractivity contribution in [3.05, 3.63) is 48.3 Å². The molecule has 3 N–H and O–H groups in total. The van der Waals surface area contributed by atoms with Crippen LogP contribution in [0, 0.1) is 5.82 Å². The molecule has 2 aromatic rings. The van der Waals surface area contributed by atoms with Gasteiger partial charge in [0.15, 0.2) is 24.1 Å². The monoisotopic (exact) mass is 388 g/mol. The van der Waals surface area contributed by atoms with Crippen molar-refractivity contribution in [1.29, 1.82) is 0 Å². The molecule has 2 aromatic carbocycles. The van der Waals surface area contributed by atoms with Crippen LogP contribution in [0.1, 0.15) is 6.92 Å². The van der Waals surface area contributed by atoms with E-state index in [-0.39, 0.29) is 24.2 Å². The van der Waals surface area contributed by atoms with Gasteiger partial charge in [-0.05, 0) is 43.3 Å². The molecule has 0 aliphatic carbocycles. The first-order chi connectivity index (χ1) is 13.4. The van der Waals surface area contributed by atoms with Crippen LogP contribution in [-0.4, -0.2) is 44.7 Å². The number of benzene rings is 2. The highest BCUT2D eigenvalue weighted by Gasteiger charge is 2.24. The maximum Gasteiger partial charge on any atom is 0.282 e. The first kappa shape index (κ1) is 19.6. The number of carbonyl (C=O) groups excluding carboxylic acids is 2. The first-order valence-electron chi connectivity index (χ1n) is 9.00. The summed E-state index contributed by atoms with van der Waals surface area (Å²) in [6.45, 7) is 2.81. The lowest BCUT2D eigenvalue weighted by molar-refractivity contribution is -0.885. The number of rotatable bonds is 6. The van der Waals surface area contributed by atoms with Crippen LogP contribution in [0.4, 0.5) is 15.8 Å². The summed E-state index contributed by atoms with van der Waals surface area (Å²) in [5.74, 6) is 0.394. The van der Waals surface area contributed by atoms with Crippen LogP contribution in [0.3, 0.4) is 0 Å². The number of quaternary nitrogens is 1. The molecular weight excluding hydrogens is 365 g/mol. The third kappa shape index (κ3) is 4.98. The Morgan fingerprint density at radius 1 is 1.04 bits per heavy atom. The molecule has 0 saturated heterocycles. The van der Waals surface area contributed by atoms with Crippen molar-refractivity contribution >= 4 is 23.2 Å². The maximum atomic E-state index is 12.9. The second-order valence-electron chi connectivity index (χ2n) is 6.65. The van der Waals surface area contributed by atoms with E-state index in [4.69, 9.17) is 9.47 Å². The number of anilines is 2. The average molecular weight is 388 g/mol. The van der Waals surface area contributed by atoms with E-state index in [2.05, 4.69) is 10.6 Å². The van der Waals surface area contributed by atoms with Gasteiger partial charge in [-0.1, -0.05) is 0 Å². The summed E-state index contributed by atoms with van der Waals surface area (Å²) in [5, 5.41) is 5.52. The fraction of sp³-hybridized carbons (Fsp3) is 0.300. The lowest BCUT2D eigenvalue weighted by atomic mass is 10.2. The number of ether oxygens (including phenoxy) is 2. The highest BCUT2D eigenvalue weighted by Crippen LogP contribution is 2.32. The van der Waals surface area contributed by atoms with E-state index in [1.807, 2.05) is 0 Å². The maximum absolute atomic E-state index is 12.9. The predicted molar refractivity (Wildman–Crippen MR) is 102 cm³/mol. The molecule has 3 rings (SSSR count). The van der Waals surface area contributed by atoms with Crippen LogP contribution >= 0.6 is 0 Å². The zero-order chi connectivity index (χ0) is 20.1. The lowest BCUT2D eigenvalue weighted by Crippen LogP contribution is -3.14. The van der Waals surface area contributed by atoms with Gasteiger partial charge in [0, 0.05) is 17.4 Å². The van der Waals surface area contributed by atoms with Gasteiger partial charge in [-0.2, -0.15) is 0 Å². The molecule has 0 radical (unpaired) electrons. The summed E-state index contributed by atoms with van der Waals surface area (Å²) in [5.41, 5.74) is 1.11. The smallest absolute Gasteiger partial charge is 0.282 e. The zero-order valence-corrected chi connectivity index (χ0v) is 15.8. The average Bonchev–Trinajstić information content (AvgIpc) is 2.69. The summed E-state index contributed by atoms with van der Waals surface area (Å²) in [4.78, 5) is 25.4. The van der Waals surface area contributed by atoms with E-state index >= 15 is 0 Å². The van der Waals surface area contributed by atoms with Crippen molar-refractivity contribution in [1.82, 2.24) is 0 Å². The molecule has 1 aliphatic rings. The topological polar surface area (TPSA) is 81.1 Å². The van der Waals surface area contributed by atoms with E-state index in [0.717, 1.165) is 4.90 Å². The molecule has 1 heterocycles. The number of likely N-dealkylation sites (N-methyl/N-ethyl adjacent to an activating group) is 1. The largest absolute Gasteiger partial charge is 0.486 e. The van der Waals surface area contributed by atoms with Crippen LogP contribution in [0.5, 0.6) is 11.5 Å². The van der Waals surface area contributed by atoms with Crippen molar-refractivity contribution in [2.24, 2.45) is 0 Å². The number of halogens is 1. The van der Waals surface area contributed by atoms with Gasteiger partial charge >= 0.3 is 0 Å². The summed E-state index contributed by atoms with van der Waals surface area (Å²) < 4.78 is 23.9. The summed E-state index contributed by atoms with van der Waals surface area (Å²) in [7, 11) is 1.76. The molecule has 0 aromatic heterocycles. The number of carbonyl (C=O) groups is 2. The molecule has 2 atom stereocenters. The Balaban J connectivity index is 1.53. The molecule has 1 aliphatic heterocycles. The van der Waals surface area contributed by atoms with E-state index in [1.54, 1.807) is 32.2 Å². The van der Waals surface area contributed by atoms with Gasteiger partial charge in [0.05, 0.1) is 7.05 Å². The van der Waals surface area contributed by atoms with Crippen LogP contribution in [0.2, 0.25) is 0 Å². The molecule has 0 fully saturated rings. The molecule has 8 heteroatoms. The number of fused-ring (bicyclic) bond motifs is 1. The van der Waals surface area contributed by atoms with Gasteiger partial charge in [0.1, 0.15) is 19.0 Å². The Bertz CT molecular complexity index is 857. The molecule has 0 spiro atoms. The normalized spacial score (nSPS) is 14.7. The zero-order valence-electron chi connectivity index (χ0n) is 15.8. The van der Waals surface area contributed by atoms with Crippen molar-refractivity contribution < 1.29 is 28.4 Å². The van der Waals surface area contributed by atoms with E-state index in [1.165, 1.54) is 24.3 Å². The number of hydrogen-bond donors (Lipinski definition) is 3. The third-order valence-electron chi connectivity index (χ3n) is 4.51. The van der Waals surface area contributed by atoms with Gasteiger partial charge in [-0.25, -0.2) is 4.39 Å². The molecule has 148 valence electrons. The highest BCUT2D eigenvalue weighted by molar-refractivity contribution is 5.94. The Morgan fingerprint density at radius 2 is 1.68 bits per heavy atom. The predicted octanol–water partition coefficient (Wildman–Crippen LogP) is 1.08. The minimum Gasteiger partial charge on any atom is -0.486 e. The second kappa shape index (κ2) is 8.71. The summed E-state index contributed by atoms with van der Waals surface area (Å²) >= 11 is 0. The molecule has 2 amide bonds. The molecule has 28 heavy (non-hydrogen) atoms. The fourth-order valence-corrected chi connectivity index (χ4v) is 2.74. The van der Waals surface area contributed by atoms with Gasteiger partial charge in [-0.15, -0.1) is 0 Å². The highest BCUT2D eigenvalue weighted by atomic mass is 19.1. The second-order valence-corrected chi connectivity index (χ2v) is 6.65. The number of hydrogen-bond acceptors (Lipinski definition) is 4. The molecule has 0 bridgehead atoms. The SMILES string of the molecule is C[C@H](C(=O)Nc1ccc2c(c1)OCCO2)[NH+](C)CC(=O)Nc1ccc(F)cc1. The Hall–Kier alpha value is -3.13. The van der Waals surface area contributed by atoms with E-state index in [0.29, 0.717) is 36.1 Å². The number of nitrogens with one attached hydrogen (secondary N) is 3. The number of amides is 2. The Kier molecular flexibility index (Phi) is 6.10. The van der Waals surface area contributed by atoms with Crippen LogP contribution < -0.4 is 25.0 Å². The molecule has 7 nitrogen and oxygen atoms in total. The molecule has 1 unspecified atom stereocenters. The minimum absolute atomic E-state index is 0.0904. The Labute approximate surface area is 162 Å². The third-order valence-corrected chi connectivity index (χ3v) is 4.51. The van der Waals surface area contributed by atoms with E-state index in [9.17, 15) is 14.0 Å². The van der Waals surface area contributed by atoms with Gasteiger partial charge in [0.25, 0.3) is 11.8 Å². The summed E-state index contributed by atoms with van der Waals surface area (Å²) in [6, 6.07) is 10.3. The first-order valence-corrected chi connectivity index (χ1v) is 9.00. The molecular formula is C20H23FN3O4+. The van der Waals surface area contributed by atoms with Gasteiger partial charge in [0.2, 0.25) is 0 Å². The van der Waals surface area contributed by atoms with Crippen molar-refractivity contribution in [2.45, 2.75) is 13.0 Å². The van der Waals surface area contributed by atoms with Gasteiger partial charge < -0.3 is 25.0 Å². The van der Waals surface area contributed by atoms with Crippen molar-refractivity contribution in [3.63, 3.8) is 0 Å². The van der Waals surface area contributed by atoms with Gasteiger partial charge in [-0.3, -0.25) is 9.59 Å². The quantitative estimate of drug-likeness (QED) is 0.692. The lowest BCUT2D eigenvalue weighted by Gasteiger charge is -2.22.